The van der Waals surface area contributed by atoms with Crippen molar-refractivity contribution in [2.45, 2.75) is 25.0 Å². The van der Waals surface area contributed by atoms with Crippen molar-refractivity contribution >= 4 is 10.0 Å². The molecule has 0 aliphatic heterocycles. The topological polar surface area (TPSA) is 115 Å². The Morgan fingerprint density at radius 1 is 1.25 bits per heavy atom. The molecule has 0 aliphatic carbocycles. The Morgan fingerprint density at radius 2 is 1.85 bits per heavy atom. The van der Waals surface area contributed by atoms with Crippen molar-refractivity contribution in [3.8, 4) is 17.5 Å². The van der Waals surface area contributed by atoms with Crippen molar-refractivity contribution < 1.29 is 8.42 Å². The molecule has 0 amide bonds. The van der Waals surface area contributed by atoms with Crippen LogP contribution >= 0.6 is 0 Å². The zero-order valence-electron chi connectivity index (χ0n) is 11.0. The molecule has 0 spiro atoms. The van der Waals surface area contributed by atoms with Gasteiger partial charge in [-0.15, -0.1) is 10.2 Å². The Labute approximate surface area is 116 Å². The fourth-order valence-electron chi connectivity index (χ4n) is 1.83. The number of benzene rings is 1. The molecule has 0 atom stereocenters. The Bertz CT molecular complexity index is 769. The number of nitrogens with zero attached hydrogens (tertiary/aromatic N) is 4. The molecule has 104 valence electrons. The van der Waals surface area contributed by atoms with E-state index in [1.54, 1.807) is 24.3 Å². The quantitative estimate of drug-likeness (QED) is 0.907. The van der Waals surface area contributed by atoms with Gasteiger partial charge in [-0.25, -0.2) is 13.6 Å². The van der Waals surface area contributed by atoms with E-state index in [2.05, 4.69) is 10.2 Å². The second-order valence-corrected chi connectivity index (χ2v) is 5.96. The van der Waals surface area contributed by atoms with Gasteiger partial charge in [-0.1, -0.05) is 0 Å². The first-order valence-electron chi connectivity index (χ1n) is 5.83. The highest BCUT2D eigenvalue weighted by molar-refractivity contribution is 7.89. The van der Waals surface area contributed by atoms with Crippen molar-refractivity contribution in [3.63, 3.8) is 0 Å². The normalized spacial score (nSPS) is 11.6. The lowest BCUT2D eigenvalue weighted by molar-refractivity contribution is 0.524. The van der Waals surface area contributed by atoms with Gasteiger partial charge in [0, 0.05) is 11.6 Å². The average Bonchev–Trinajstić information content (AvgIpc) is 2.83. The largest absolute Gasteiger partial charge is 0.294 e. The standard InChI is InChI=1S/C12H13N5O2S/c1-8(2)17-11(15-16-12(17)20(14,18)19)10-5-3-9(7-13)4-6-10/h3-6,8H,1-2H3,(H2,14,18,19). The molecule has 0 aliphatic rings. The third kappa shape index (κ3) is 2.54. The molecule has 1 aromatic carbocycles. The van der Waals surface area contributed by atoms with Crippen LogP contribution in [-0.4, -0.2) is 23.2 Å². The third-order valence-electron chi connectivity index (χ3n) is 2.71. The number of sulfonamides is 1. The van der Waals surface area contributed by atoms with E-state index < -0.39 is 10.0 Å². The molecule has 0 fully saturated rings. The first-order chi connectivity index (χ1) is 9.34. The molecule has 0 saturated carbocycles. The number of hydrogen-bond acceptors (Lipinski definition) is 5. The van der Waals surface area contributed by atoms with E-state index in [4.69, 9.17) is 10.4 Å². The predicted molar refractivity (Wildman–Crippen MR) is 71.9 cm³/mol. The SMILES string of the molecule is CC(C)n1c(-c2ccc(C#N)cc2)nnc1S(N)(=O)=O. The highest BCUT2D eigenvalue weighted by atomic mass is 32.2. The van der Waals surface area contributed by atoms with Gasteiger partial charge in [0.2, 0.25) is 0 Å². The molecule has 8 heteroatoms. The summed E-state index contributed by atoms with van der Waals surface area (Å²) < 4.78 is 24.5. The Hall–Kier alpha value is -2.24. The summed E-state index contributed by atoms with van der Waals surface area (Å²) in [4.78, 5) is 0. The van der Waals surface area contributed by atoms with Crippen LogP contribution in [0.5, 0.6) is 0 Å². The summed E-state index contributed by atoms with van der Waals surface area (Å²) in [5.74, 6) is 0.397. The van der Waals surface area contributed by atoms with Gasteiger partial charge in [0.1, 0.15) is 0 Å². The van der Waals surface area contributed by atoms with Crippen molar-refractivity contribution in [2.24, 2.45) is 5.14 Å². The Morgan fingerprint density at radius 3 is 2.30 bits per heavy atom. The van der Waals surface area contributed by atoms with Gasteiger partial charge in [-0.2, -0.15) is 5.26 Å². The molecular formula is C12H13N5O2S. The van der Waals surface area contributed by atoms with E-state index in [9.17, 15) is 8.42 Å². The maximum absolute atomic E-state index is 11.5. The maximum atomic E-state index is 11.5. The fraction of sp³-hybridized carbons (Fsp3) is 0.250. The van der Waals surface area contributed by atoms with Gasteiger partial charge >= 0.3 is 0 Å². The summed E-state index contributed by atoms with van der Waals surface area (Å²) in [6.07, 6.45) is 0. The second kappa shape index (κ2) is 5.03. The van der Waals surface area contributed by atoms with Crippen LogP contribution in [0.15, 0.2) is 29.4 Å². The zero-order chi connectivity index (χ0) is 14.9. The van der Waals surface area contributed by atoms with Crippen LogP contribution in [0.4, 0.5) is 0 Å². The molecule has 2 rings (SSSR count). The van der Waals surface area contributed by atoms with Crippen LogP contribution in [0.3, 0.4) is 0 Å². The van der Waals surface area contributed by atoms with Crippen molar-refractivity contribution in [2.75, 3.05) is 0 Å². The molecule has 7 nitrogen and oxygen atoms in total. The molecule has 20 heavy (non-hydrogen) atoms. The minimum absolute atomic E-state index is 0.177. The molecule has 2 N–H and O–H groups in total. The summed E-state index contributed by atoms with van der Waals surface area (Å²) in [5, 5.41) is 21.2. The third-order valence-corrected chi connectivity index (χ3v) is 3.49. The number of primary sulfonamides is 1. The van der Waals surface area contributed by atoms with E-state index in [1.807, 2.05) is 19.9 Å². The smallest absolute Gasteiger partial charge is 0.273 e. The molecule has 0 bridgehead atoms. The fourth-order valence-corrected chi connectivity index (χ4v) is 2.55. The monoisotopic (exact) mass is 291 g/mol. The number of nitriles is 1. The van der Waals surface area contributed by atoms with Crippen LogP contribution in [0, 0.1) is 11.3 Å². The first-order valence-corrected chi connectivity index (χ1v) is 7.37. The molecular weight excluding hydrogens is 278 g/mol. The van der Waals surface area contributed by atoms with Crippen LogP contribution < -0.4 is 5.14 Å². The summed E-state index contributed by atoms with van der Waals surface area (Å²) in [6, 6.07) is 8.48. The van der Waals surface area contributed by atoms with E-state index >= 15 is 0 Å². The summed E-state index contributed by atoms with van der Waals surface area (Å²) in [5.41, 5.74) is 1.18. The van der Waals surface area contributed by atoms with Gasteiger partial charge < -0.3 is 0 Å². The Kier molecular flexibility index (Phi) is 3.57. The second-order valence-electron chi connectivity index (χ2n) is 4.50. The van der Waals surface area contributed by atoms with Crippen LogP contribution in [-0.2, 0) is 10.0 Å². The molecule has 0 saturated heterocycles. The highest BCUT2D eigenvalue weighted by Crippen LogP contribution is 2.24. The highest BCUT2D eigenvalue weighted by Gasteiger charge is 2.23. The average molecular weight is 291 g/mol. The van der Waals surface area contributed by atoms with E-state index in [-0.39, 0.29) is 11.2 Å². The Balaban J connectivity index is 2.63. The minimum atomic E-state index is -3.94. The molecule has 0 radical (unpaired) electrons. The summed E-state index contributed by atoms with van der Waals surface area (Å²) in [7, 11) is -3.94. The van der Waals surface area contributed by atoms with E-state index in [1.165, 1.54) is 4.57 Å². The van der Waals surface area contributed by atoms with Gasteiger partial charge in [0.05, 0.1) is 11.6 Å². The molecule has 1 heterocycles. The van der Waals surface area contributed by atoms with Crippen molar-refractivity contribution in [3.05, 3.63) is 29.8 Å². The van der Waals surface area contributed by atoms with Crippen molar-refractivity contribution in [1.82, 2.24) is 14.8 Å². The number of hydrogen-bond donors (Lipinski definition) is 1. The van der Waals surface area contributed by atoms with Gasteiger partial charge in [-0.05, 0) is 38.1 Å². The lowest BCUT2D eigenvalue weighted by Gasteiger charge is -2.12. The maximum Gasteiger partial charge on any atom is 0.273 e. The van der Waals surface area contributed by atoms with Gasteiger partial charge in [0.25, 0.3) is 15.2 Å². The summed E-state index contributed by atoms with van der Waals surface area (Å²) >= 11 is 0. The van der Waals surface area contributed by atoms with Crippen LogP contribution in [0.2, 0.25) is 0 Å². The van der Waals surface area contributed by atoms with Crippen LogP contribution in [0.25, 0.3) is 11.4 Å². The molecule has 1 aromatic heterocycles. The number of nitrogens with two attached hydrogens (primary N) is 1. The number of aromatic nitrogens is 3. The lowest BCUT2D eigenvalue weighted by atomic mass is 10.1. The molecule has 2 aromatic rings. The van der Waals surface area contributed by atoms with Crippen LogP contribution in [0.1, 0.15) is 25.5 Å². The van der Waals surface area contributed by atoms with Crippen molar-refractivity contribution in [1.29, 1.82) is 5.26 Å². The van der Waals surface area contributed by atoms with Gasteiger partial charge in [0.15, 0.2) is 5.82 Å². The number of rotatable bonds is 3. The zero-order valence-corrected chi connectivity index (χ0v) is 11.8. The van der Waals surface area contributed by atoms with Gasteiger partial charge in [-0.3, -0.25) is 4.57 Å². The minimum Gasteiger partial charge on any atom is -0.294 e. The lowest BCUT2D eigenvalue weighted by Crippen LogP contribution is -2.20. The van der Waals surface area contributed by atoms with E-state index in [0.717, 1.165) is 0 Å². The first kappa shape index (κ1) is 14.2. The van der Waals surface area contributed by atoms with E-state index in [0.29, 0.717) is 17.0 Å². The molecule has 0 unspecified atom stereocenters. The predicted octanol–water partition coefficient (Wildman–Crippen LogP) is 1.05. The summed E-state index contributed by atoms with van der Waals surface area (Å²) in [6.45, 7) is 3.62.